The van der Waals surface area contributed by atoms with Gasteiger partial charge >= 0.3 is 0 Å². The maximum Gasteiger partial charge on any atom is 0.248 e. The van der Waals surface area contributed by atoms with Gasteiger partial charge in [0.15, 0.2) is 5.82 Å². The second-order valence-corrected chi connectivity index (χ2v) is 9.84. The standard InChI is InChI=1S/C30H31N9O/c1-5-39-25(15-19(3)36-39)28-33-17-22-21-10-6-7-11-24(21)37(29(22)35-28)12-8-9-13-38-26-18(2)14-20(27(31)40)16-23(26)34-30(38)32-4/h6-11,14-17H,5,12-13H2,1-4H3,(H2,31,40)(H,32,34)/b9-8+. The molecule has 40 heavy (non-hydrogen) atoms. The van der Waals surface area contributed by atoms with E-state index in [0.717, 1.165) is 62.4 Å². The van der Waals surface area contributed by atoms with Crippen LogP contribution in [0.4, 0.5) is 5.95 Å². The molecule has 3 N–H and O–H groups in total. The monoisotopic (exact) mass is 533 g/mol. The number of fused-ring (bicyclic) bond motifs is 4. The van der Waals surface area contributed by atoms with Gasteiger partial charge in [-0.25, -0.2) is 15.0 Å². The lowest BCUT2D eigenvalue weighted by Gasteiger charge is -2.09. The fourth-order valence-corrected chi connectivity index (χ4v) is 5.44. The average molecular weight is 534 g/mol. The molecule has 6 rings (SSSR count). The summed E-state index contributed by atoms with van der Waals surface area (Å²) in [6, 6.07) is 13.9. The third-order valence-electron chi connectivity index (χ3n) is 7.22. The van der Waals surface area contributed by atoms with Crippen molar-refractivity contribution in [3.05, 3.63) is 77.6 Å². The lowest BCUT2D eigenvalue weighted by atomic mass is 10.1. The van der Waals surface area contributed by atoms with Crippen LogP contribution in [0, 0.1) is 13.8 Å². The van der Waals surface area contributed by atoms with Gasteiger partial charge in [0.25, 0.3) is 0 Å². The number of nitrogens with two attached hydrogens (primary N) is 1. The zero-order valence-electron chi connectivity index (χ0n) is 23.0. The van der Waals surface area contributed by atoms with Crippen LogP contribution in [-0.2, 0) is 19.6 Å². The van der Waals surface area contributed by atoms with Crippen LogP contribution < -0.4 is 11.1 Å². The van der Waals surface area contributed by atoms with Gasteiger partial charge < -0.3 is 20.2 Å². The van der Waals surface area contributed by atoms with Gasteiger partial charge in [0.05, 0.1) is 22.2 Å². The van der Waals surface area contributed by atoms with Crippen LogP contribution in [0.3, 0.4) is 0 Å². The number of nitrogens with zero attached hydrogens (tertiary/aromatic N) is 7. The molecule has 0 fully saturated rings. The number of aryl methyl sites for hydroxylation is 3. The van der Waals surface area contributed by atoms with E-state index in [1.165, 1.54) is 0 Å². The summed E-state index contributed by atoms with van der Waals surface area (Å²) in [5, 5.41) is 9.88. The molecule has 1 amide bonds. The van der Waals surface area contributed by atoms with Crippen molar-refractivity contribution in [2.45, 2.75) is 40.4 Å². The zero-order valence-corrected chi connectivity index (χ0v) is 23.0. The summed E-state index contributed by atoms with van der Waals surface area (Å²) in [5.41, 5.74) is 12.5. The van der Waals surface area contributed by atoms with Crippen molar-refractivity contribution < 1.29 is 4.79 Å². The molecule has 0 atom stereocenters. The van der Waals surface area contributed by atoms with Crippen molar-refractivity contribution in [1.82, 2.24) is 33.9 Å². The number of carbonyl (C=O) groups is 1. The number of amides is 1. The topological polar surface area (TPSA) is 121 Å². The first kappa shape index (κ1) is 25.3. The Morgan fingerprint density at radius 3 is 2.55 bits per heavy atom. The van der Waals surface area contributed by atoms with E-state index in [4.69, 9.17) is 15.7 Å². The van der Waals surface area contributed by atoms with Crippen molar-refractivity contribution in [2.24, 2.45) is 5.73 Å². The van der Waals surface area contributed by atoms with E-state index >= 15 is 0 Å². The van der Waals surface area contributed by atoms with Gasteiger partial charge in [-0.05, 0) is 50.6 Å². The fourth-order valence-electron chi connectivity index (χ4n) is 5.44. The molecule has 4 aromatic heterocycles. The van der Waals surface area contributed by atoms with Crippen molar-refractivity contribution in [3.63, 3.8) is 0 Å². The quantitative estimate of drug-likeness (QED) is 0.270. The third-order valence-corrected chi connectivity index (χ3v) is 7.22. The van der Waals surface area contributed by atoms with Crippen LogP contribution in [0.15, 0.2) is 60.8 Å². The first-order chi connectivity index (χ1) is 19.4. The molecule has 0 bridgehead atoms. The predicted octanol–water partition coefficient (Wildman–Crippen LogP) is 4.83. The molecule has 4 heterocycles. The second kappa shape index (κ2) is 9.96. The van der Waals surface area contributed by atoms with Crippen molar-refractivity contribution in [1.29, 1.82) is 0 Å². The SMILES string of the molecule is CCn1nc(C)cc1-c1ncc2c3ccccc3n(C/C=C/Cn3c(NC)nc4cc(C(N)=O)cc(C)c43)c2n1. The summed E-state index contributed by atoms with van der Waals surface area (Å²) in [6.45, 7) is 8.01. The van der Waals surface area contributed by atoms with E-state index in [1.807, 2.05) is 56.0 Å². The van der Waals surface area contributed by atoms with Crippen LogP contribution in [0.5, 0.6) is 0 Å². The fraction of sp³-hybridized carbons (Fsp3) is 0.233. The number of benzene rings is 2. The normalized spacial score (nSPS) is 11.9. The van der Waals surface area contributed by atoms with Crippen molar-refractivity contribution in [2.75, 3.05) is 12.4 Å². The highest BCUT2D eigenvalue weighted by Gasteiger charge is 2.17. The van der Waals surface area contributed by atoms with Gasteiger partial charge in [-0.1, -0.05) is 30.4 Å². The van der Waals surface area contributed by atoms with Gasteiger partial charge in [0.2, 0.25) is 11.9 Å². The maximum atomic E-state index is 11.7. The van der Waals surface area contributed by atoms with Gasteiger partial charge in [-0.2, -0.15) is 5.10 Å². The van der Waals surface area contributed by atoms with E-state index in [2.05, 4.69) is 55.7 Å². The lowest BCUT2D eigenvalue weighted by molar-refractivity contribution is 0.100. The molecule has 0 saturated heterocycles. The van der Waals surface area contributed by atoms with E-state index in [9.17, 15) is 4.79 Å². The van der Waals surface area contributed by atoms with E-state index in [1.54, 1.807) is 6.07 Å². The Morgan fingerprint density at radius 1 is 1.02 bits per heavy atom. The van der Waals surface area contributed by atoms with Crippen LogP contribution >= 0.6 is 0 Å². The molecule has 10 nitrogen and oxygen atoms in total. The lowest BCUT2D eigenvalue weighted by Crippen LogP contribution is -2.11. The minimum absolute atomic E-state index is 0.456. The van der Waals surface area contributed by atoms with Gasteiger partial charge in [0.1, 0.15) is 11.3 Å². The number of anilines is 1. The Kier molecular flexibility index (Phi) is 6.30. The Labute approximate surface area is 231 Å². The summed E-state index contributed by atoms with van der Waals surface area (Å²) >= 11 is 0. The second-order valence-electron chi connectivity index (χ2n) is 9.84. The summed E-state index contributed by atoms with van der Waals surface area (Å²) in [7, 11) is 1.84. The van der Waals surface area contributed by atoms with Crippen LogP contribution in [0.25, 0.3) is 44.5 Å². The predicted molar refractivity (Wildman–Crippen MR) is 158 cm³/mol. The molecule has 10 heteroatoms. The molecular weight excluding hydrogens is 502 g/mol. The molecule has 6 aromatic rings. The molecule has 0 spiro atoms. The van der Waals surface area contributed by atoms with Crippen LogP contribution in [0.2, 0.25) is 0 Å². The number of primary amides is 1. The van der Waals surface area contributed by atoms with Gasteiger partial charge in [0, 0.05) is 49.2 Å². The average Bonchev–Trinajstić information content (AvgIpc) is 3.61. The summed E-state index contributed by atoms with van der Waals surface area (Å²) < 4.78 is 6.26. The summed E-state index contributed by atoms with van der Waals surface area (Å²) in [6.07, 6.45) is 6.19. The number of rotatable bonds is 8. The number of allylic oxidation sites excluding steroid dienone is 2. The molecular formula is C30H31N9O. The number of nitrogens with one attached hydrogen (secondary N) is 1. The number of aromatic nitrogens is 7. The van der Waals surface area contributed by atoms with Crippen molar-refractivity contribution >= 4 is 44.8 Å². The zero-order chi connectivity index (χ0) is 28.0. The van der Waals surface area contributed by atoms with E-state index < -0.39 is 5.91 Å². The molecule has 0 aliphatic rings. The largest absolute Gasteiger partial charge is 0.366 e. The number of hydrogen-bond acceptors (Lipinski definition) is 6. The van der Waals surface area contributed by atoms with Gasteiger partial charge in [-0.15, -0.1) is 0 Å². The summed E-state index contributed by atoms with van der Waals surface area (Å²) in [4.78, 5) is 26.2. The van der Waals surface area contributed by atoms with E-state index in [0.29, 0.717) is 24.5 Å². The minimum atomic E-state index is -0.460. The molecule has 0 aliphatic carbocycles. The highest BCUT2D eigenvalue weighted by atomic mass is 16.1. The highest BCUT2D eigenvalue weighted by molar-refractivity contribution is 6.06. The first-order valence-electron chi connectivity index (χ1n) is 13.3. The van der Waals surface area contributed by atoms with E-state index in [-0.39, 0.29) is 0 Å². The molecule has 202 valence electrons. The highest BCUT2D eigenvalue weighted by Crippen LogP contribution is 2.29. The molecule has 2 aromatic carbocycles. The Bertz CT molecular complexity index is 1940. The Hall–Kier alpha value is -4.99. The Balaban J connectivity index is 1.37. The molecule has 0 radical (unpaired) electrons. The third kappa shape index (κ3) is 4.17. The molecule has 0 saturated carbocycles. The number of carbonyl (C=O) groups excluding carboxylic acids is 1. The number of imidazole rings is 1. The number of hydrogen-bond donors (Lipinski definition) is 2. The molecule has 0 unspecified atom stereocenters. The van der Waals surface area contributed by atoms with Crippen LogP contribution in [0.1, 0.15) is 28.5 Å². The maximum absolute atomic E-state index is 11.7. The molecule has 0 aliphatic heterocycles. The Morgan fingerprint density at radius 2 is 1.80 bits per heavy atom. The summed E-state index contributed by atoms with van der Waals surface area (Å²) in [5.74, 6) is 0.927. The number of para-hydroxylation sites is 1. The van der Waals surface area contributed by atoms with Gasteiger partial charge in [-0.3, -0.25) is 9.48 Å². The van der Waals surface area contributed by atoms with Crippen LogP contribution in [-0.4, -0.2) is 46.8 Å². The van der Waals surface area contributed by atoms with Crippen molar-refractivity contribution in [3.8, 4) is 11.5 Å². The smallest absolute Gasteiger partial charge is 0.248 e. The first-order valence-corrected chi connectivity index (χ1v) is 13.3. The minimum Gasteiger partial charge on any atom is -0.366 e.